The van der Waals surface area contributed by atoms with Gasteiger partial charge in [-0.3, -0.25) is 0 Å². The minimum Gasteiger partial charge on any atom is -0.353 e. The van der Waals surface area contributed by atoms with Crippen LogP contribution < -0.4 is 0 Å². The molecule has 1 aliphatic rings. The van der Waals surface area contributed by atoms with Crippen LogP contribution >= 0.6 is 0 Å². The maximum absolute atomic E-state index is 5.52. The molecule has 0 aliphatic carbocycles. The number of hydrogen-bond donors (Lipinski definition) is 0. The van der Waals surface area contributed by atoms with Crippen LogP contribution in [-0.4, -0.2) is 19.5 Å². The van der Waals surface area contributed by atoms with E-state index in [9.17, 15) is 0 Å². The number of hydrogen-bond acceptors (Lipinski definition) is 2. The average Bonchev–Trinajstić information content (AvgIpc) is 2.03. The van der Waals surface area contributed by atoms with Crippen LogP contribution in [0.3, 0.4) is 0 Å². The molecule has 2 nitrogen and oxygen atoms in total. The normalized spacial score (nSPS) is 25.9. The first-order valence-corrected chi connectivity index (χ1v) is 4.52. The smallest absolute Gasteiger partial charge is 0.157 e. The van der Waals surface area contributed by atoms with Crippen LogP contribution in [0.4, 0.5) is 0 Å². The van der Waals surface area contributed by atoms with Crippen molar-refractivity contribution < 1.29 is 9.47 Å². The fourth-order valence-corrected chi connectivity index (χ4v) is 1.14. The SMILES string of the molecule is CC(C)CO[C@H]1CCCCO1. The fraction of sp³-hybridized carbons (Fsp3) is 1.00. The maximum Gasteiger partial charge on any atom is 0.157 e. The second kappa shape index (κ2) is 4.73. The molecule has 0 radical (unpaired) electrons. The van der Waals surface area contributed by atoms with E-state index >= 15 is 0 Å². The molecule has 2 heteroatoms. The van der Waals surface area contributed by atoms with E-state index < -0.39 is 0 Å². The van der Waals surface area contributed by atoms with Crippen molar-refractivity contribution in [2.75, 3.05) is 13.2 Å². The van der Waals surface area contributed by atoms with Gasteiger partial charge in [0.1, 0.15) is 0 Å². The van der Waals surface area contributed by atoms with E-state index in [1.807, 2.05) is 0 Å². The van der Waals surface area contributed by atoms with Crippen molar-refractivity contribution in [1.29, 1.82) is 0 Å². The summed E-state index contributed by atoms with van der Waals surface area (Å²) in [5.41, 5.74) is 0. The molecular formula is C9H18O2. The molecule has 0 aromatic heterocycles. The summed E-state index contributed by atoms with van der Waals surface area (Å²) in [6.45, 7) is 6.01. The van der Waals surface area contributed by atoms with E-state index in [1.165, 1.54) is 12.8 Å². The van der Waals surface area contributed by atoms with Gasteiger partial charge in [-0.25, -0.2) is 0 Å². The Bertz CT molecular complexity index is 95.7. The molecule has 1 atom stereocenters. The molecule has 0 spiro atoms. The van der Waals surface area contributed by atoms with E-state index in [2.05, 4.69) is 13.8 Å². The van der Waals surface area contributed by atoms with Crippen molar-refractivity contribution in [2.45, 2.75) is 39.4 Å². The van der Waals surface area contributed by atoms with Gasteiger partial charge in [0.15, 0.2) is 6.29 Å². The van der Waals surface area contributed by atoms with Crippen molar-refractivity contribution in [3.63, 3.8) is 0 Å². The molecule has 0 bridgehead atoms. The lowest BCUT2D eigenvalue weighted by atomic mass is 10.2. The van der Waals surface area contributed by atoms with Gasteiger partial charge in [0.2, 0.25) is 0 Å². The van der Waals surface area contributed by atoms with Crippen LogP contribution in [0.15, 0.2) is 0 Å². The standard InChI is InChI=1S/C9H18O2/c1-8(2)7-11-9-5-3-4-6-10-9/h8-9H,3-7H2,1-2H3/t9-/m0/s1. The molecule has 0 amide bonds. The predicted octanol–water partition coefficient (Wildman–Crippen LogP) is 2.19. The van der Waals surface area contributed by atoms with Crippen molar-refractivity contribution in [3.8, 4) is 0 Å². The fourth-order valence-electron chi connectivity index (χ4n) is 1.14. The van der Waals surface area contributed by atoms with Crippen LogP contribution in [0.5, 0.6) is 0 Å². The Labute approximate surface area is 68.9 Å². The Balaban J connectivity index is 2.05. The topological polar surface area (TPSA) is 18.5 Å². The third-order valence-electron chi connectivity index (χ3n) is 1.75. The Hall–Kier alpha value is -0.0800. The molecule has 1 heterocycles. The van der Waals surface area contributed by atoms with E-state index in [1.54, 1.807) is 0 Å². The molecule has 0 unspecified atom stereocenters. The lowest BCUT2D eigenvalue weighted by molar-refractivity contribution is -0.167. The van der Waals surface area contributed by atoms with Crippen LogP contribution in [0.25, 0.3) is 0 Å². The zero-order valence-electron chi connectivity index (χ0n) is 7.51. The summed E-state index contributed by atoms with van der Waals surface area (Å²) < 4.78 is 10.9. The van der Waals surface area contributed by atoms with Gasteiger partial charge in [-0.15, -0.1) is 0 Å². The molecule has 0 aromatic rings. The van der Waals surface area contributed by atoms with Gasteiger partial charge in [0.05, 0.1) is 6.61 Å². The Morgan fingerprint density at radius 1 is 1.45 bits per heavy atom. The zero-order valence-corrected chi connectivity index (χ0v) is 7.51. The van der Waals surface area contributed by atoms with Crippen molar-refractivity contribution in [1.82, 2.24) is 0 Å². The van der Waals surface area contributed by atoms with Crippen LogP contribution in [0, 0.1) is 5.92 Å². The van der Waals surface area contributed by atoms with Crippen molar-refractivity contribution in [2.24, 2.45) is 5.92 Å². The van der Waals surface area contributed by atoms with Crippen molar-refractivity contribution in [3.05, 3.63) is 0 Å². The molecule has 66 valence electrons. The highest BCUT2D eigenvalue weighted by molar-refractivity contribution is 4.54. The Morgan fingerprint density at radius 3 is 2.82 bits per heavy atom. The summed E-state index contributed by atoms with van der Waals surface area (Å²) in [5.74, 6) is 0.612. The number of rotatable bonds is 3. The summed E-state index contributed by atoms with van der Waals surface area (Å²) in [4.78, 5) is 0. The van der Waals surface area contributed by atoms with Crippen LogP contribution in [0.1, 0.15) is 33.1 Å². The Kier molecular flexibility index (Phi) is 3.87. The van der Waals surface area contributed by atoms with Gasteiger partial charge in [0.25, 0.3) is 0 Å². The van der Waals surface area contributed by atoms with E-state index in [0.29, 0.717) is 5.92 Å². The van der Waals surface area contributed by atoms with Gasteiger partial charge < -0.3 is 9.47 Å². The van der Waals surface area contributed by atoms with E-state index in [0.717, 1.165) is 19.6 Å². The monoisotopic (exact) mass is 158 g/mol. The average molecular weight is 158 g/mol. The maximum atomic E-state index is 5.52. The van der Waals surface area contributed by atoms with Gasteiger partial charge in [-0.05, 0) is 25.2 Å². The highest BCUT2D eigenvalue weighted by atomic mass is 16.7. The first-order valence-electron chi connectivity index (χ1n) is 4.52. The number of ether oxygens (including phenoxy) is 2. The zero-order chi connectivity index (χ0) is 8.10. The second-order valence-electron chi connectivity index (χ2n) is 3.52. The Morgan fingerprint density at radius 2 is 2.27 bits per heavy atom. The molecule has 0 saturated carbocycles. The summed E-state index contributed by atoms with van der Waals surface area (Å²) in [5, 5.41) is 0. The quantitative estimate of drug-likeness (QED) is 0.626. The predicted molar refractivity (Wildman–Crippen MR) is 44.4 cm³/mol. The molecule has 1 fully saturated rings. The minimum atomic E-state index is 0.0890. The summed E-state index contributed by atoms with van der Waals surface area (Å²) >= 11 is 0. The highest BCUT2D eigenvalue weighted by Crippen LogP contribution is 2.14. The summed E-state index contributed by atoms with van der Waals surface area (Å²) in [6.07, 6.45) is 3.61. The third kappa shape index (κ3) is 3.73. The van der Waals surface area contributed by atoms with Crippen LogP contribution in [-0.2, 0) is 9.47 Å². The highest BCUT2D eigenvalue weighted by Gasteiger charge is 2.13. The van der Waals surface area contributed by atoms with E-state index in [-0.39, 0.29) is 6.29 Å². The summed E-state index contributed by atoms with van der Waals surface area (Å²) in [6, 6.07) is 0. The van der Waals surface area contributed by atoms with Crippen molar-refractivity contribution >= 4 is 0 Å². The van der Waals surface area contributed by atoms with Gasteiger partial charge in [0, 0.05) is 6.61 Å². The summed E-state index contributed by atoms with van der Waals surface area (Å²) in [7, 11) is 0. The van der Waals surface area contributed by atoms with Gasteiger partial charge in [-0.2, -0.15) is 0 Å². The van der Waals surface area contributed by atoms with Crippen LogP contribution in [0.2, 0.25) is 0 Å². The molecule has 0 N–H and O–H groups in total. The molecule has 11 heavy (non-hydrogen) atoms. The van der Waals surface area contributed by atoms with Gasteiger partial charge >= 0.3 is 0 Å². The van der Waals surface area contributed by atoms with E-state index in [4.69, 9.17) is 9.47 Å². The second-order valence-corrected chi connectivity index (χ2v) is 3.52. The third-order valence-corrected chi connectivity index (χ3v) is 1.75. The first-order chi connectivity index (χ1) is 5.29. The molecule has 0 aromatic carbocycles. The first kappa shape index (κ1) is 9.01. The molecular weight excluding hydrogens is 140 g/mol. The molecule has 1 aliphatic heterocycles. The molecule has 1 saturated heterocycles. The lowest BCUT2D eigenvalue weighted by Crippen LogP contribution is -2.23. The largest absolute Gasteiger partial charge is 0.353 e. The minimum absolute atomic E-state index is 0.0890. The van der Waals surface area contributed by atoms with Gasteiger partial charge in [-0.1, -0.05) is 13.8 Å². The molecule has 1 rings (SSSR count). The lowest BCUT2D eigenvalue weighted by Gasteiger charge is -2.23.